The minimum atomic E-state index is 0.398. The number of hydrogen-bond donors (Lipinski definition) is 2. The van der Waals surface area contributed by atoms with E-state index in [0.717, 1.165) is 17.2 Å². The van der Waals surface area contributed by atoms with Crippen LogP contribution in [-0.4, -0.2) is 18.4 Å². The van der Waals surface area contributed by atoms with Crippen molar-refractivity contribution in [3.8, 4) is 5.75 Å². The Morgan fingerprint density at radius 1 is 1.25 bits per heavy atom. The lowest BCUT2D eigenvalue weighted by molar-refractivity contribution is 0.415. The lowest BCUT2D eigenvalue weighted by Crippen LogP contribution is -2.23. The molecule has 0 saturated heterocycles. The molecule has 6 heteroatoms. The van der Waals surface area contributed by atoms with E-state index in [9.17, 15) is 0 Å². The highest BCUT2D eigenvalue weighted by Crippen LogP contribution is 2.14. The van der Waals surface area contributed by atoms with Crippen molar-refractivity contribution in [2.45, 2.75) is 6.92 Å². The van der Waals surface area contributed by atoms with Crippen LogP contribution in [-0.2, 0) is 0 Å². The van der Waals surface area contributed by atoms with Crippen molar-refractivity contribution < 1.29 is 9.15 Å². The summed E-state index contributed by atoms with van der Waals surface area (Å²) in [6.07, 6.45) is 1.56. The molecule has 0 spiro atoms. The van der Waals surface area contributed by atoms with E-state index in [0.29, 0.717) is 10.9 Å². The summed E-state index contributed by atoms with van der Waals surface area (Å²) in [5.74, 6) is 2.30. The monoisotopic (exact) mass is 289 g/mol. The maximum Gasteiger partial charge on any atom is 0.191 e. The van der Waals surface area contributed by atoms with Gasteiger partial charge < -0.3 is 14.5 Å². The molecule has 0 bridgehead atoms. The van der Waals surface area contributed by atoms with Crippen molar-refractivity contribution in [2.24, 2.45) is 5.10 Å². The van der Waals surface area contributed by atoms with Crippen molar-refractivity contribution >= 4 is 29.2 Å². The summed E-state index contributed by atoms with van der Waals surface area (Å²) in [5, 5.41) is 7.39. The summed E-state index contributed by atoms with van der Waals surface area (Å²) in [6.45, 7) is 1.88. The molecule has 0 saturated carbocycles. The summed E-state index contributed by atoms with van der Waals surface area (Å²) in [7, 11) is 1.62. The zero-order chi connectivity index (χ0) is 14.4. The SMILES string of the molecule is COc1ccc(NC(=S)N/N=C\c2ccc(C)o2)cc1. The van der Waals surface area contributed by atoms with Crippen molar-refractivity contribution in [1.29, 1.82) is 0 Å². The average molecular weight is 289 g/mol. The first-order chi connectivity index (χ1) is 9.67. The van der Waals surface area contributed by atoms with Crippen LogP contribution < -0.4 is 15.5 Å². The standard InChI is InChI=1S/C14H15N3O2S/c1-10-3-6-13(19-10)9-15-17-14(20)16-11-4-7-12(18-2)8-5-11/h3-9H,1-2H3,(H2,16,17,20)/b15-9-. The van der Waals surface area contributed by atoms with Crippen molar-refractivity contribution in [2.75, 3.05) is 12.4 Å². The Bertz CT molecular complexity index is 605. The van der Waals surface area contributed by atoms with Gasteiger partial charge in [-0.05, 0) is 55.5 Å². The predicted molar refractivity (Wildman–Crippen MR) is 83.4 cm³/mol. The smallest absolute Gasteiger partial charge is 0.191 e. The van der Waals surface area contributed by atoms with E-state index in [-0.39, 0.29) is 0 Å². The van der Waals surface area contributed by atoms with Crippen LogP contribution in [0.4, 0.5) is 5.69 Å². The van der Waals surface area contributed by atoms with Gasteiger partial charge in [-0.3, -0.25) is 5.43 Å². The topological polar surface area (TPSA) is 58.8 Å². The molecule has 104 valence electrons. The molecule has 1 heterocycles. The number of thiocarbonyl (C=S) groups is 1. The van der Waals surface area contributed by atoms with Crippen LogP contribution in [0, 0.1) is 6.92 Å². The number of methoxy groups -OCH3 is 1. The van der Waals surface area contributed by atoms with E-state index in [1.165, 1.54) is 0 Å². The molecular formula is C14H15N3O2S. The van der Waals surface area contributed by atoms with Crippen LogP contribution in [0.25, 0.3) is 0 Å². The van der Waals surface area contributed by atoms with E-state index in [1.54, 1.807) is 13.3 Å². The van der Waals surface area contributed by atoms with E-state index in [2.05, 4.69) is 15.8 Å². The van der Waals surface area contributed by atoms with Gasteiger partial charge in [0.1, 0.15) is 17.3 Å². The molecule has 1 aromatic carbocycles. The number of hydrazone groups is 1. The number of benzene rings is 1. The Hall–Kier alpha value is -2.34. The minimum absolute atomic E-state index is 0.398. The van der Waals surface area contributed by atoms with Gasteiger partial charge in [0.25, 0.3) is 0 Å². The number of ether oxygens (including phenoxy) is 1. The number of hydrogen-bond acceptors (Lipinski definition) is 4. The second-order valence-electron chi connectivity index (χ2n) is 4.00. The molecule has 2 N–H and O–H groups in total. The highest BCUT2D eigenvalue weighted by Gasteiger charge is 1.97. The average Bonchev–Trinajstić information content (AvgIpc) is 2.85. The summed E-state index contributed by atoms with van der Waals surface area (Å²) >= 11 is 5.12. The normalized spacial score (nSPS) is 10.5. The largest absolute Gasteiger partial charge is 0.497 e. The van der Waals surface area contributed by atoms with Crippen LogP contribution in [0.1, 0.15) is 11.5 Å². The first-order valence-corrected chi connectivity index (χ1v) is 6.39. The Balaban J connectivity index is 1.84. The third-order valence-electron chi connectivity index (χ3n) is 2.47. The van der Waals surface area contributed by atoms with Gasteiger partial charge in [0.15, 0.2) is 5.11 Å². The summed E-state index contributed by atoms with van der Waals surface area (Å²) in [6, 6.07) is 11.1. The Kier molecular flexibility index (Phi) is 4.73. The number of furan rings is 1. The highest BCUT2D eigenvalue weighted by atomic mass is 32.1. The Morgan fingerprint density at radius 2 is 2.00 bits per heavy atom. The third-order valence-corrected chi connectivity index (χ3v) is 2.66. The van der Waals surface area contributed by atoms with Gasteiger partial charge in [-0.15, -0.1) is 0 Å². The zero-order valence-corrected chi connectivity index (χ0v) is 12.0. The molecule has 1 aromatic heterocycles. The third kappa shape index (κ3) is 4.10. The maximum absolute atomic E-state index is 5.34. The fraction of sp³-hybridized carbons (Fsp3) is 0.143. The first kappa shape index (κ1) is 14.1. The van der Waals surface area contributed by atoms with Crippen molar-refractivity contribution in [1.82, 2.24) is 5.43 Å². The van der Waals surface area contributed by atoms with Crippen LogP contribution >= 0.6 is 12.2 Å². The fourth-order valence-electron chi connectivity index (χ4n) is 1.51. The first-order valence-electron chi connectivity index (χ1n) is 5.98. The van der Waals surface area contributed by atoms with Crippen LogP contribution in [0.2, 0.25) is 0 Å². The van der Waals surface area contributed by atoms with Gasteiger partial charge in [0.05, 0.1) is 13.3 Å². The molecular weight excluding hydrogens is 274 g/mol. The molecule has 5 nitrogen and oxygen atoms in total. The minimum Gasteiger partial charge on any atom is -0.497 e. The quantitative estimate of drug-likeness (QED) is 0.515. The number of rotatable bonds is 4. The molecule has 0 amide bonds. The lowest BCUT2D eigenvalue weighted by atomic mass is 10.3. The van der Waals surface area contributed by atoms with E-state index in [1.807, 2.05) is 43.3 Å². The van der Waals surface area contributed by atoms with E-state index < -0.39 is 0 Å². The van der Waals surface area contributed by atoms with Gasteiger partial charge >= 0.3 is 0 Å². The van der Waals surface area contributed by atoms with Gasteiger partial charge in [-0.2, -0.15) is 5.10 Å². The predicted octanol–water partition coefficient (Wildman–Crippen LogP) is 2.92. The highest BCUT2D eigenvalue weighted by molar-refractivity contribution is 7.80. The van der Waals surface area contributed by atoms with Gasteiger partial charge in [-0.25, -0.2) is 0 Å². The molecule has 0 fully saturated rings. The Morgan fingerprint density at radius 3 is 2.60 bits per heavy atom. The molecule has 20 heavy (non-hydrogen) atoms. The summed E-state index contributed by atoms with van der Waals surface area (Å²) in [4.78, 5) is 0. The van der Waals surface area contributed by atoms with E-state index in [4.69, 9.17) is 21.4 Å². The zero-order valence-electron chi connectivity index (χ0n) is 11.2. The van der Waals surface area contributed by atoms with Gasteiger partial charge in [0.2, 0.25) is 0 Å². The molecule has 2 aromatic rings. The second-order valence-corrected chi connectivity index (χ2v) is 4.41. The van der Waals surface area contributed by atoms with Crippen LogP contribution in [0.5, 0.6) is 5.75 Å². The van der Waals surface area contributed by atoms with Crippen molar-refractivity contribution in [3.63, 3.8) is 0 Å². The number of nitrogens with one attached hydrogen (secondary N) is 2. The van der Waals surface area contributed by atoms with Crippen molar-refractivity contribution in [3.05, 3.63) is 47.9 Å². The molecule has 0 atom stereocenters. The van der Waals surface area contributed by atoms with E-state index >= 15 is 0 Å². The van der Waals surface area contributed by atoms with Crippen LogP contribution in [0.3, 0.4) is 0 Å². The Labute approximate surface area is 122 Å². The molecule has 0 aliphatic rings. The fourth-order valence-corrected chi connectivity index (χ4v) is 1.68. The van der Waals surface area contributed by atoms with Crippen LogP contribution in [0.15, 0.2) is 45.9 Å². The number of anilines is 1. The summed E-state index contributed by atoms with van der Waals surface area (Å²) in [5.41, 5.74) is 3.57. The molecule has 0 radical (unpaired) electrons. The molecule has 0 aliphatic heterocycles. The number of nitrogens with zero attached hydrogens (tertiary/aromatic N) is 1. The summed E-state index contributed by atoms with van der Waals surface area (Å²) < 4.78 is 10.4. The molecule has 2 rings (SSSR count). The second kappa shape index (κ2) is 6.72. The van der Waals surface area contributed by atoms with Gasteiger partial charge in [-0.1, -0.05) is 0 Å². The molecule has 0 aliphatic carbocycles. The number of aryl methyl sites for hydroxylation is 1. The van der Waals surface area contributed by atoms with Gasteiger partial charge in [0, 0.05) is 5.69 Å². The maximum atomic E-state index is 5.34. The molecule has 0 unspecified atom stereocenters. The lowest BCUT2D eigenvalue weighted by Gasteiger charge is -2.07.